The van der Waals surface area contributed by atoms with Crippen molar-refractivity contribution < 1.29 is 18.7 Å². The maximum Gasteiger partial charge on any atom is 0.343 e. The summed E-state index contributed by atoms with van der Waals surface area (Å²) in [6.45, 7) is 8.00. The SMILES string of the molecule is CCC(=O)Nc1nnc(SCc2cc(=O)c(OC(=O)c3ccc(C(C)(C)C)cc3)co2)s1. The van der Waals surface area contributed by atoms with E-state index in [0.717, 1.165) is 11.8 Å². The summed E-state index contributed by atoms with van der Waals surface area (Å²) in [4.78, 5) is 36.1. The number of amides is 1. The Morgan fingerprint density at radius 3 is 2.53 bits per heavy atom. The van der Waals surface area contributed by atoms with Gasteiger partial charge >= 0.3 is 5.97 Å². The van der Waals surface area contributed by atoms with Gasteiger partial charge in [0.15, 0.2) is 4.34 Å². The Morgan fingerprint density at radius 1 is 1.19 bits per heavy atom. The van der Waals surface area contributed by atoms with Gasteiger partial charge < -0.3 is 14.5 Å². The zero-order valence-electron chi connectivity index (χ0n) is 18.1. The number of nitrogens with zero attached hydrogens (tertiary/aromatic N) is 2. The van der Waals surface area contributed by atoms with Crippen molar-refractivity contribution in [3.8, 4) is 5.75 Å². The third-order valence-corrected chi connectivity index (χ3v) is 6.35. The van der Waals surface area contributed by atoms with Gasteiger partial charge in [-0.15, -0.1) is 10.2 Å². The summed E-state index contributed by atoms with van der Waals surface area (Å²) in [6, 6.07) is 8.36. The van der Waals surface area contributed by atoms with Crippen LogP contribution in [0.4, 0.5) is 5.13 Å². The maximum absolute atomic E-state index is 12.4. The van der Waals surface area contributed by atoms with E-state index in [-0.39, 0.29) is 17.1 Å². The van der Waals surface area contributed by atoms with Gasteiger partial charge in [-0.2, -0.15) is 0 Å². The molecule has 1 amide bonds. The van der Waals surface area contributed by atoms with Crippen LogP contribution in [0, 0.1) is 0 Å². The number of ether oxygens (including phenoxy) is 1. The van der Waals surface area contributed by atoms with E-state index in [0.29, 0.717) is 33.0 Å². The standard InChI is InChI=1S/C22H23N3O5S2/c1-5-18(27)23-20-24-25-21(32-20)31-12-15-10-16(26)17(11-29-15)30-19(28)13-6-8-14(9-7-13)22(2,3)4/h6-11H,5,12H2,1-4H3,(H,23,24,27). The van der Waals surface area contributed by atoms with Crippen molar-refractivity contribution in [3.05, 3.63) is 63.7 Å². The number of anilines is 1. The molecule has 8 nitrogen and oxygen atoms in total. The number of nitrogens with one attached hydrogen (secondary N) is 1. The fourth-order valence-corrected chi connectivity index (χ4v) is 4.17. The Kier molecular flexibility index (Phi) is 7.47. The second kappa shape index (κ2) is 10.1. The number of carbonyl (C=O) groups is 2. The van der Waals surface area contributed by atoms with Crippen LogP contribution < -0.4 is 15.5 Å². The number of hydrogen-bond donors (Lipinski definition) is 1. The predicted octanol–water partition coefficient (Wildman–Crippen LogP) is 4.65. The van der Waals surface area contributed by atoms with Crippen molar-refractivity contribution in [1.29, 1.82) is 0 Å². The molecule has 0 unspecified atom stereocenters. The van der Waals surface area contributed by atoms with Crippen molar-refractivity contribution in [2.24, 2.45) is 0 Å². The largest absolute Gasteiger partial charge is 0.464 e. The highest BCUT2D eigenvalue weighted by molar-refractivity contribution is 8.00. The van der Waals surface area contributed by atoms with E-state index < -0.39 is 11.4 Å². The van der Waals surface area contributed by atoms with E-state index in [2.05, 4.69) is 36.3 Å². The Labute approximate surface area is 193 Å². The summed E-state index contributed by atoms with van der Waals surface area (Å²) in [5, 5.41) is 10.9. The molecule has 3 aromatic rings. The summed E-state index contributed by atoms with van der Waals surface area (Å²) in [7, 11) is 0. The Hall–Kier alpha value is -2.98. The number of hydrogen-bond acceptors (Lipinski definition) is 9. The van der Waals surface area contributed by atoms with E-state index in [1.165, 1.54) is 29.2 Å². The van der Waals surface area contributed by atoms with E-state index in [1.807, 2.05) is 12.1 Å². The van der Waals surface area contributed by atoms with E-state index in [9.17, 15) is 14.4 Å². The highest BCUT2D eigenvalue weighted by Gasteiger charge is 2.17. The number of carbonyl (C=O) groups excluding carboxylic acids is 2. The predicted molar refractivity (Wildman–Crippen MR) is 123 cm³/mol. The normalized spacial score (nSPS) is 11.2. The van der Waals surface area contributed by atoms with Gasteiger partial charge in [-0.3, -0.25) is 9.59 Å². The molecule has 0 saturated carbocycles. The molecule has 0 saturated heterocycles. The zero-order chi connectivity index (χ0) is 23.3. The van der Waals surface area contributed by atoms with Gasteiger partial charge in [0.2, 0.25) is 22.2 Å². The van der Waals surface area contributed by atoms with Crippen LogP contribution in [0.5, 0.6) is 5.75 Å². The van der Waals surface area contributed by atoms with E-state index in [4.69, 9.17) is 9.15 Å². The molecular weight excluding hydrogens is 450 g/mol. The first-order valence-corrected chi connectivity index (χ1v) is 11.7. The summed E-state index contributed by atoms with van der Waals surface area (Å²) in [6.07, 6.45) is 1.49. The van der Waals surface area contributed by atoms with Gasteiger partial charge in [-0.05, 0) is 23.1 Å². The zero-order valence-corrected chi connectivity index (χ0v) is 19.8. The Morgan fingerprint density at radius 2 is 1.91 bits per heavy atom. The smallest absolute Gasteiger partial charge is 0.343 e. The molecule has 0 fully saturated rings. The summed E-state index contributed by atoms with van der Waals surface area (Å²) in [5.74, 6) is -0.226. The fourth-order valence-electron chi connectivity index (χ4n) is 2.51. The molecule has 0 aliphatic carbocycles. The van der Waals surface area contributed by atoms with Gasteiger partial charge in [0.05, 0.1) is 11.3 Å². The van der Waals surface area contributed by atoms with Gasteiger partial charge in [0, 0.05) is 12.5 Å². The minimum absolute atomic E-state index is 0.0307. The van der Waals surface area contributed by atoms with Crippen LogP contribution in [0.15, 0.2) is 50.1 Å². The first kappa shape index (κ1) is 23.7. The highest BCUT2D eigenvalue weighted by atomic mass is 32.2. The minimum Gasteiger partial charge on any atom is -0.464 e. The first-order chi connectivity index (χ1) is 15.2. The van der Waals surface area contributed by atoms with E-state index in [1.54, 1.807) is 19.1 Å². The second-order valence-corrected chi connectivity index (χ2v) is 10.1. The molecule has 1 aromatic carbocycles. The van der Waals surface area contributed by atoms with Crippen molar-refractivity contribution in [3.63, 3.8) is 0 Å². The van der Waals surface area contributed by atoms with Crippen LogP contribution in [0.25, 0.3) is 0 Å². The molecule has 32 heavy (non-hydrogen) atoms. The molecule has 2 heterocycles. The molecular formula is C22H23N3O5S2. The van der Waals surface area contributed by atoms with E-state index >= 15 is 0 Å². The van der Waals surface area contributed by atoms with Crippen LogP contribution in [0.1, 0.15) is 55.8 Å². The van der Waals surface area contributed by atoms with Crippen LogP contribution in [0.3, 0.4) is 0 Å². The third-order valence-electron chi connectivity index (χ3n) is 4.35. The number of benzene rings is 1. The number of thioether (sulfide) groups is 1. The summed E-state index contributed by atoms with van der Waals surface area (Å²) >= 11 is 2.54. The Bertz CT molecular complexity index is 1160. The van der Waals surface area contributed by atoms with Gasteiger partial charge in [-0.25, -0.2) is 4.79 Å². The van der Waals surface area contributed by atoms with Crippen molar-refractivity contribution in [1.82, 2.24) is 10.2 Å². The van der Waals surface area contributed by atoms with Crippen molar-refractivity contribution >= 4 is 40.1 Å². The van der Waals surface area contributed by atoms with Crippen LogP contribution in [-0.2, 0) is 16.0 Å². The lowest BCUT2D eigenvalue weighted by Gasteiger charge is -2.18. The molecule has 168 valence electrons. The topological polar surface area (TPSA) is 111 Å². The molecule has 0 bridgehead atoms. The molecule has 2 aromatic heterocycles. The molecule has 0 spiro atoms. The number of aromatic nitrogens is 2. The maximum atomic E-state index is 12.4. The summed E-state index contributed by atoms with van der Waals surface area (Å²) in [5.41, 5.74) is 0.946. The van der Waals surface area contributed by atoms with Crippen molar-refractivity contribution in [2.75, 3.05) is 5.32 Å². The average Bonchev–Trinajstić information content (AvgIpc) is 3.20. The van der Waals surface area contributed by atoms with Crippen molar-refractivity contribution in [2.45, 2.75) is 49.6 Å². The number of esters is 1. The molecule has 0 atom stereocenters. The molecule has 0 aliphatic rings. The van der Waals surface area contributed by atoms with Crippen LogP contribution >= 0.6 is 23.1 Å². The van der Waals surface area contributed by atoms with Crippen LogP contribution in [-0.4, -0.2) is 22.1 Å². The first-order valence-electron chi connectivity index (χ1n) is 9.86. The highest BCUT2D eigenvalue weighted by Crippen LogP contribution is 2.28. The molecule has 1 N–H and O–H groups in total. The minimum atomic E-state index is -0.629. The lowest BCUT2D eigenvalue weighted by molar-refractivity contribution is -0.115. The number of rotatable bonds is 7. The average molecular weight is 474 g/mol. The lowest BCUT2D eigenvalue weighted by Crippen LogP contribution is -2.16. The van der Waals surface area contributed by atoms with Gasteiger partial charge in [0.1, 0.15) is 12.0 Å². The molecule has 10 heteroatoms. The van der Waals surface area contributed by atoms with Gasteiger partial charge in [-0.1, -0.05) is 62.9 Å². The fraction of sp³-hybridized carbons (Fsp3) is 0.318. The van der Waals surface area contributed by atoms with Gasteiger partial charge in [0.25, 0.3) is 0 Å². The summed E-state index contributed by atoms with van der Waals surface area (Å²) < 4.78 is 11.3. The monoisotopic (exact) mass is 473 g/mol. The van der Waals surface area contributed by atoms with Crippen LogP contribution in [0.2, 0.25) is 0 Å². The Balaban J connectivity index is 1.60. The second-order valence-electron chi connectivity index (χ2n) is 7.86. The quantitative estimate of drug-likeness (QED) is 0.300. The molecule has 0 aliphatic heterocycles. The molecule has 0 radical (unpaired) electrons. The lowest BCUT2D eigenvalue weighted by atomic mass is 9.87. The molecule has 3 rings (SSSR count). The third kappa shape index (κ3) is 6.27.